The average Bonchev–Trinajstić information content (AvgIpc) is 2.50. The first-order valence-corrected chi connectivity index (χ1v) is 6.54. The molecule has 0 spiro atoms. The molecule has 3 fully saturated rings. The van der Waals surface area contributed by atoms with Crippen molar-refractivity contribution < 1.29 is 0 Å². The van der Waals surface area contributed by atoms with Crippen molar-refractivity contribution >= 4 is 0 Å². The van der Waals surface area contributed by atoms with E-state index < -0.39 is 0 Å². The highest BCUT2D eigenvalue weighted by atomic mass is 15.2. The Labute approximate surface area is 87.9 Å². The minimum atomic E-state index is 0.932. The maximum Gasteiger partial charge on any atom is 0.0104 e. The van der Waals surface area contributed by atoms with Crippen LogP contribution in [0.5, 0.6) is 0 Å². The molecule has 0 aromatic carbocycles. The molecule has 1 radical (unpaired) electrons. The summed E-state index contributed by atoms with van der Waals surface area (Å²) in [5, 5.41) is 0. The Hall–Kier alpha value is -0.0400. The normalized spacial score (nSPS) is 40.3. The lowest BCUT2D eigenvalue weighted by molar-refractivity contribution is 0.0737. The third kappa shape index (κ3) is 1.50. The van der Waals surface area contributed by atoms with E-state index in [0.29, 0.717) is 0 Å². The topological polar surface area (TPSA) is 3.24 Å². The van der Waals surface area contributed by atoms with Gasteiger partial charge in [-0.05, 0) is 44.9 Å². The molecule has 0 amide bonds. The molecule has 3 aliphatic rings. The first-order chi connectivity index (χ1) is 6.95. The third-order valence-corrected chi connectivity index (χ3v) is 4.56. The summed E-state index contributed by atoms with van der Waals surface area (Å²) in [4.78, 5) is 2.92. The molecule has 0 aromatic heterocycles. The van der Waals surface area contributed by atoms with E-state index in [2.05, 4.69) is 11.3 Å². The fourth-order valence-corrected chi connectivity index (χ4v) is 3.95. The highest BCUT2D eigenvalue weighted by Crippen LogP contribution is 2.39. The van der Waals surface area contributed by atoms with E-state index in [1.807, 2.05) is 0 Å². The summed E-state index contributed by atoms with van der Waals surface area (Å²) in [6.45, 7) is 0. The van der Waals surface area contributed by atoms with Crippen LogP contribution < -0.4 is 0 Å². The Balaban J connectivity index is 1.70. The van der Waals surface area contributed by atoms with Crippen molar-refractivity contribution in [2.24, 2.45) is 0 Å². The van der Waals surface area contributed by atoms with E-state index in [-0.39, 0.29) is 0 Å². The molecule has 2 saturated heterocycles. The molecule has 1 aliphatic carbocycles. The number of hydrogen-bond acceptors (Lipinski definition) is 1. The van der Waals surface area contributed by atoms with E-state index in [9.17, 15) is 0 Å². The lowest BCUT2D eigenvalue weighted by atomic mass is 9.90. The molecular formula is C13H22N. The standard InChI is InChI=1S/C13H22N/c1-2-5-11(6-3-1)14-12-7-4-8-13(14)10-9-12/h2,11-13H,1,3-10H2. The van der Waals surface area contributed by atoms with Crippen LogP contribution in [0, 0.1) is 6.42 Å². The van der Waals surface area contributed by atoms with E-state index >= 15 is 0 Å². The molecule has 0 N–H and O–H groups in total. The maximum atomic E-state index is 2.92. The van der Waals surface area contributed by atoms with Crippen LogP contribution in [0.4, 0.5) is 0 Å². The number of piperidine rings is 1. The van der Waals surface area contributed by atoms with Gasteiger partial charge in [0.15, 0.2) is 0 Å². The summed E-state index contributed by atoms with van der Waals surface area (Å²) in [7, 11) is 0. The summed E-state index contributed by atoms with van der Waals surface area (Å²) in [6.07, 6.45) is 15.7. The van der Waals surface area contributed by atoms with Gasteiger partial charge in [-0.25, -0.2) is 0 Å². The van der Waals surface area contributed by atoms with Gasteiger partial charge in [0.2, 0.25) is 0 Å². The second-order valence-electron chi connectivity index (χ2n) is 5.37. The van der Waals surface area contributed by atoms with E-state index in [1.165, 1.54) is 57.8 Å². The summed E-state index contributed by atoms with van der Waals surface area (Å²) in [6, 6.07) is 2.89. The molecule has 79 valence electrons. The van der Waals surface area contributed by atoms with Crippen LogP contribution in [-0.2, 0) is 0 Å². The van der Waals surface area contributed by atoms with Crippen LogP contribution in [0.2, 0.25) is 0 Å². The Bertz CT molecular complexity index is 179. The van der Waals surface area contributed by atoms with E-state index in [1.54, 1.807) is 0 Å². The number of hydrogen-bond donors (Lipinski definition) is 0. The molecular weight excluding hydrogens is 170 g/mol. The lowest BCUT2D eigenvalue weighted by Gasteiger charge is -2.42. The van der Waals surface area contributed by atoms with Gasteiger partial charge in [-0.15, -0.1) is 0 Å². The fraction of sp³-hybridized carbons (Fsp3) is 0.923. The van der Waals surface area contributed by atoms with E-state index in [4.69, 9.17) is 0 Å². The van der Waals surface area contributed by atoms with Gasteiger partial charge in [-0.2, -0.15) is 0 Å². The zero-order valence-corrected chi connectivity index (χ0v) is 9.12. The van der Waals surface area contributed by atoms with Crippen LogP contribution in [0.3, 0.4) is 0 Å². The molecule has 2 bridgehead atoms. The molecule has 0 aromatic rings. The van der Waals surface area contributed by atoms with Crippen LogP contribution >= 0.6 is 0 Å². The van der Waals surface area contributed by atoms with Crippen LogP contribution in [-0.4, -0.2) is 23.0 Å². The second kappa shape index (κ2) is 3.84. The van der Waals surface area contributed by atoms with Gasteiger partial charge in [0.1, 0.15) is 0 Å². The van der Waals surface area contributed by atoms with Crippen LogP contribution in [0.25, 0.3) is 0 Å². The number of fused-ring (bicyclic) bond motifs is 2. The quantitative estimate of drug-likeness (QED) is 0.617. The predicted molar refractivity (Wildman–Crippen MR) is 59.1 cm³/mol. The van der Waals surface area contributed by atoms with E-state index in [0.717, 1.165) is 18.1 Å². The average molecular weight is 192 g/mol. The van der Waals surface area contributed by atoms with Crippen molar-refractivity contribution in [1.29, 1.82) is 0 Å². The van der Waals surface area contributed by atoms with Crippen molar-refractivity contribution in [3.8, 4) is 0 Å². The monoisotopic (exact) mass is 192 g/mol. The highest BCUT2D eigenvalue weighted by molar-refractivity contribution is 4.97. The highest BCUT2D eigenvalue weighted by Gasteiger charge is 2.40. The SMILES string of the molecule is [CH]1CCCC(N2C3CCCC2CC3)C1. The minimum absolute atomic E-state index is 0.932. The van der Waals surface area contributed by atoms with Crippen molar-refractivity contribution in [2.75, 3.05) is 0 Å². The van der Waals surface area contributed by atoms with Crippen LogP contribution in [0.1, 0.15) is 57.8 Å². The Morgan fingerprint density at radius 1 is 0.786 bits per heavy atom. The van der Waals surface area contributed by atoms with Crippen molar-refractivity contribution in [3.05, 3.63) is 6.42 Å². The molecule has 14 heavy (non-hydrogen) atoms. The summed E-state index contributed by atoms with van der Waals surface area (Å²) < 4.78 is 0. The van der Waals surface area contributed by atoms with Gasteiger partial charge in [0.25, 0.3) is 0 Å². The first-order valence-electron chi connectivity index (χ1n) is 6.54. The molecule has 3 atom stereocenters. The zero-order chi connectivity index (χ0) is 9.38. The molecule has 3 rings (SSSR count). The predicted octanol–water partition coefficient (Wildman–Crippen LogP) is 3.15. The Kier molecular flexibility index (Phi) is 2.53. The summed E-state index contributed by atoms with van der Waals surface area (Å²) >= 11 is 0. The lowest BCUT2D eigenvalue weighted by Crippen LogP contribution is -2.47. The van der Waals surface area contributed by atoms with Crippen LogP contribution in [0.15, 0.2) is 0 Å². The number of rotatable bonds is 1. The Morgan fingerprint density at radius 3 is 2.14 bits per heavy atom. The zero-order valence-electron chi connectivity index (χ0n) is 9.12. The molecule has 2 heterocycles. The molecule has 2 aliphatic heterocycles. The van der Waals surface area contributed by atoms with Crippen molar-refractivity contribution in [1.82, 2.24) is 4.90 Å². The third-order valence-electron chi connectivity index (χ3n) is 4.56. The molecule has 1 saturated carbocycles. The molecule has 1 nitrogen and oxygen atoms in total. The maximum absolute atomic E-state index is 2.92. The van der Waals surface area contributed by atoms with Crippen molar-refractivity contribution in [3.63, 3.8) is 0 Å². The minimum Gasteiger partial charge on any atom is -0.294 e. The fourth-order valence-electron chi connectivity index (χ4n) is 3.95. The smallest absolute Gasteiger partial charge is 0.0104 e. The Morgan fingerprint density at radius 2 is 1.50 bits per heavy atom. The second-order valence-corrected chi connectivity index (χ2v) is 5.37. The summed E-state index contributed by atoms with van der Waals surface area (Å²) in [5.74, 6) is 0. The van der Waals surface area contributed by atoms with Gasteiger partial charge in [-0.3, -0.25) is 4.90 Å². The van der Waals surface area contributed by atoms with Gasteiger partial charge in [-0.1, -0.05) is 19.3 Å². The largest absolute Gasteiger partial charge is 0.294 e. The number of nitrogens with zero attached hydrogens (tertiary/aromatic N) is 1. The summed E-state index contributed by atoms with van der Waals surface area (Å²) in [5.41, 5.74) is 0. The van der Waals surface area contributed by atoms with Gasteiger partial charge in [0, 0.05) is 18.1 Å². The van der Waals surface area contributed by atoms with Crippen molar-refractivity contribution in [2.45, 2.75) is 75.9 Å². The van der Waals surface area contributed by atoms with Gasteiger partial charge in [0.05, 0.1) is 0 Å². The van der Waals surface area contributed by atoms with Gasteiger partial charge >= 0.3 is 0 Å². The van der Waals surface area contributed by atoms with Gasteiger partial charge < -0.3 is 0 Å². The molecule has 1 heteroatoms. The first kappa shape index (κ1) is 9.21. The molecule has 3 unspecified atom stereocenters.